The molecule has 3 rings (SSSR count). The highest BCUT2D eigenvalue weighted by Crippen LogP contribution is 2.32. The van der Waals surface area contributed by atoms with Gasteiger partial charge in [0, 0.05) is 12.0 Å². The van der Waals surface area contributed by atoms with E-state index in [0.29, 0.717) is 0 Å². The van der Waals surface area contributed by atoms with E-state index in [4.69, 9.17) is 0 Å². The highest BCUT2D eigenvalue weighted by Gasteiger charge is 2.33. The quantitative estimate of drug-likeness (QED) is 0.923. The number of nitrogens with one attached hydrogen (secondary N) is 1. The molecule has 0 saturated carbocycles. The Bertz CT molecular complexity index is 595. The van der Waals surface area contributed by atoms with E-state index in [0.717, 1.165) is 31.6 Å². The lowest BCUT2D eigenvalue weighted by molar-refractivity contribution is 0.145. The second-order valence-electron chi connectivity index (χ2n) is 5.18. The van der Waals surface area contributed by atoms with Gasteiger partial charge in [0.25, 0.3) is 12.2 Å². The van der Waals surface area contributed by atoms with Gasteiger partial charge in [0.15, 0.2) is 0 Å². The summed E-state index contributed by atoms with van der Waals surface area (Å²) in [6.45, 7) is 3.77. The van der Waals surface area contributed by atoms with Gasteiger partial charge in [-0.3, -0.25) is 0 Å². The van der Waals surface area contributed by atoms with Crippen LogP contribution in [0, 0.1) is 0 Å². The first kappa shape index (κ1) is 15.1. The number of aromatic nitrogens is 4. The number of nitrogens with zero attached hydrogens (tertiary/aromatic N) is 4. The second-order valence-corrected chi connectivity index (χ2v) is 5.18. The van der Waals surface area contributed by atoms with Crippen LogP contribution in [0.4, 0.5) is 8.78 Å². The normalized spacial score (nSPS) is 23.0. The van der Waals surface area contributed by atoms with Crippen LogP contribution in [0.25, 0.3) is 5.78 Å². The Morgan fingerprint density at radius 2 is 2.25 bits per heavy atom. The predicted octanol–water partition coefficient (Wildman–Crippen LogP) is 2.12. The first-order chi connectivity index (χ1) is 9.10. The molecular formula is C12H16ClF2N5. The Morgan fingerprint density at radius 3 is 2.90 bits per heavy atom. The van der Waals surface area contributed by atoms with E-state index in [2.05, 4.69) is 27.3 Å². The number of alkyl halides is 2. The molecule has 1 aliphatic rings. The van der Waals surface area contributed by atoms with Crippen molar-refractivity contribution >= 4 is 18.2 Å². The Balaban J connectivity index is 0.00000147. The third-order valence-electron chi connectivity index (χ3n) is 3.71. The van der Waals surface area contributed by atoms with Crippen molar-refractivity contribution in [2.24, 2.45) is 0 Å². The molecule has 0 bridgehead atoms. The summed E-state index contributed by atoms with van der Waals surface area (Å²) in [6, 6.07) is 1.46. The van der Waals surface area contributed by atoms with Gasteiger partial charge in [0.1, 0.15) is 12.0 Å². The smallest absolute Gasteiger partial charge is 0.280 e. The minimum absolute atomic E-state index is 0. The number of hydrogen-bond donors (Lipinski definition) is 1. The Morgan fingerprint density at radius 1 is 1.45 bits per heavy atom. The molecule has 3 heterocycles. The van der Waals surface area contributed by atoms with Crippen molar-refractivity contribution < 1.29 is 8.78 Å². The standard InChI is InChI=1S/C12H15F2N5.ClH/c1-12(3-2-4-15-6-12)9-5-8(10(13)14)18-11-16-7-17-19(9)11;/h5,7,10,15H,2-4,6H2,1H3;1H/t12-;/m1./s1. The molecule has 20 heavy (non-hydrogen) atoms. The molecule has 1 saturated heterocycles. The summed E-state index contributed by atoms with van der Waals surface area (Å²) in [4.78, 5) is 7.78. The molecule has 110 valence electrons. The van der Waals surface area contributed by atoms with Gasteiger partial charge in [-0.05, 0) is 25.5 Å². The fraction of sp³-hybridized carbons (Fsp3) is 0.583. The van der Waals surface area contributed by atoms with Gasteiger partial charge in [0.05, 0.1) is 5.69 Å². The summed E-state index contributed by atoms with van der Waals surface area (Å²) in [6.07, 6.45) is 0.696. The van der Waals surface area contributed by atoms with Gasteiger partial charge in [-0.25, -0.2) is 18.3 Å². The average molecular weight is 304 g/mol. The third-order valence-corrected chi connectivity index (χ3v) is 3.71. The van der Waals surface area contributed by atoms with Crippen LogP contribution in [0.15, 0.2) is 12.4 Å². The monoisotopic (exact) mass is 303 g/mol. The minimum Gasteiger partial charge on any atom is -0.316 e. The van der Waals surface area contributed by atoms with Gasteiger partial charge in [-0.2, -0.15) is 10.1 Å². The maximum Gasteiger partial charge on any atom is 0.280 e. The lowest BCUT2D eigenvalue weighted by atomic mass is 9.79. The molecule has 0 radical (unpaired) electrons. The van der Waals surface area contributed by atoms with Crippen molar-refractivity contribution in [3.8, 4) is 0 Å². The number of rotatable bonds is 2. The van der Waals surface area contributed by atoms with Crippen molar-refractivity contribution in [1.82, 2.24) is 24.9 Å². The molecule has 5 nitrogen and oxygen atoms in total. The highest BCUT2D eigenvalue weighted by molar-refractivity contribution is 5.85. The molecule has 0 spiro atoms. The van der Waals surface area contributed by atoms with Crippen LogP contribution in [0.3, 0.4) is 0 Å². The largest absolute Gasteiger partial charge is 0.316 e. The molecule has 1 fully saturated rings. The summed E-state index contributed by atoms with van der Waals surface area (Å²) in [5.74, 6) is 0.236. The highest BCUT2D eigenvalue weighted by atomic mass is 35.5. The van der Waals surface area contributed by atoms with Crippen molar-refractivity contribution in [1.29, 1.82) is 0 Å². The van der Waals surface area contributed by atoms with Gasteiger partial charge < -0.3 is 5.32 Å². The maximum atomic E-state index is 12.9. The molecule has 8 heteroatoms. The van der Waals surface area contributed by atoms with Crippen LogP contribution in [0.2, 0.25) is 0 Å². The SMILES string of the molecule is C[C@@]1(c2cc(C(F)F)nc3ncnn23)CCCNC1.Cl. The lowest BCUT2D eigenvalue weighted by Crippen LogP contribution is -2.42. The first-order valence-electron chi connectivity index (χ1n) is 6.30. The number of halogens is 3. The molecule has 2 aromatic rings. The topological polar surface area (TPSA) is 55.1 Å². The van der Waals surface area contributed by atoms with E-state index >= 15 is 0 Å². The summed E-state index contributed by atoms with van der Waals surface area (Å²) in [5.41, 5.74) is 0.288. The summed E-state index contributed by atoms with van der Waals surface area (Å²) < 4.78 is 27.4. The molecule has 0 unspecified atom stereocenters. The van der Waals surface area contributed by atoms with E-state index < -0.39 is 6.43 Å². The average Bonchev–Trinajstić information content (AvgIpc) is 2.86. The number of hydrogen-bond acceptors (Lipinski definition) is 4. The van der Waals surface area contributed by atoms with Crippen LogP contribution in [-0.4, -0.2) is 32.7 Å². The van der Waals surface area contributed by atoms with E-state index in [-0.39, 0.29) is 29.3 Å². The number of fused-ring (bicyclic) bond motifs is 1. The zero-order chi connectivity index (χ0) is 13.5. The summed E-state index contributed by atoms with van der Waals surface area (Å²) in [7, 11) is 0. The van der Waals surface area contributed by atoms with Gasteiger partial charge in [0.2, 0.25) is 0 Å². The van der Waals surface area contributed by atoms with Crippen molar-refractivity contribution in [3.63, 3.8) is 0 Å². The molecule has 1 atom stereocenters. The summed E-state index contributed by atoms with van der Waals surface area (Å²) >= 11 is 0. The van der Waals surface area contributed by atoms with E-state index in [1.54, 1.807) is 4.52 Å². The Kier molecular flexibility index (Phi) is 4.19. The van der Waals surface area contributed by atoms with Crippen LogP contribution in [0.5, 0.6) is 0 Å². The van der Waals surface area contributed by atoms with Crippen molar-refractivity contribution in [2.75, 3.05) is 13.1 Å². The van der Waals surface area contributed by atoms with Crippen molar-refractivity contribution in [3.05, 3.63) is 23.8 Å². The van der Waals surface area contributed by atoms with Gasteiger partial charge in [-0.1, -0.05) is 6.92 Å². The molecule has 2 aromatic heterocycles. The number of piperidine rings is 1. The first-order valence-corrected chi connectivity index (χ1v) is 6.30. The Labute approximate surface area is 121 Å². The molecule has 0 aromatic carbocycles. The Hall–Kier alpha value is -1.34. The van der Waals surface area contributed by atoms with E-state index in [1.807, 2.05) is 0 Å². The molecule has 0 amide bonds. The van der Waals surface area contributed by atoms with Crippen molar-refractivity contribution in [2.45, 2.75) is 31.6 Å². The second kappa shape index (κ2) is 5.57. The van der Waals surface area contributed by atoms with Crippen LogP contribution >= 0.6 is 12.4 Å². The zero-order valence-corrected chi connectivity index (χ0v) is 11.8. The van der Waals surface area contributed by atoms with Gasteiger partial charge in [-0.15, -0.1) is 12.4 Å². The fourth-order valence-corrected chi connectivity index (χ4v) is 2.65. The molecule has 0 aliphatic carbocycles. The predicted molar refractivity (Wildman–Crippen MR) is 72.4 cm³/mol. The molecular weight excluding hydrogens is 288 g/mol. The van der Waals surface area contributed by atoms with Gasteiger partial charge >= 0.3 is 0 Å². The van der Waals surface area contributed by atoms with Crippen LogP contribution in [0.1, 0.15) is 37.6 Å². The zero-order valence-electron chi connectivity index (χ0n) is 11.0. The van der Waals surface area contributed by atoms with Crippen LogP contribution in [-0.2, 0) is 5.41 Å². The van der Waals surface area contributed by atoms with E-state index in [9.17, 15) is 8.78 Å². The summed E-state index contributed by atoms with van der Waals surface area (Å²) in [5, 5.41) is 7.42. The minimum atomic E-state index is -2.60. The maximum absolute atomic E-state index is 12.9. The molecule has 1 aliphatic heterocycles. The molecule has 1 N–H and O–H groups in total. The third kappa shape index (κ3) is 2.47. The fourth-order valence-electron chi connectivity index (χ4n) is 2.65. The lowest BCUT2D eigenvalue weighted by Gasteiger charge is -2.34. The van der Waals surface area contributed by atoms with Crippen LogP contribution < -0.4 is 5.32 Å². The van der Waals surface area contributed by atoms with E-state index in [1.165, 1.54) is 12.4 Å².